The van der Waals surface area contributed by atoms with Crippen molar-refractivity contribution in [2.45, 2.75) is 19.9 Å². The number of nitro groups is 1. The Morgan fingerprint density at radius 3 is 2.57 bits per heavy atom. The molecule has 2 aromatic heterocycles. The quantitative estimate of drug-likeness (QED) is 0.144. The summed E-state index contributed by atoms with van der Waals surface area (Å²) >= 11 is 1.24. The van der Waals surface area contributed by atoms with Crippen LogP contribution in [0.2, 0.25) is 0 Å². The summed E-state index contributed by atoms with van der Waals surface area (Å²) in [6.45, 7) is 3.87. The second-order valence-electron chi connectivity index (χ2n) is 8.18. The van der Waals surface area contributed by atoms with Crippen molar-refractivity contribution in [2.24, 2.45) is 0 Å². The number of Topliss-reactive ketones (excluding diaryl/α,β-unsaturated/α-hetero) is 1. The van der Waals surface area contributed by atoms with Gasteiger partial charge in [0.15, 0.2) is 5.13 Å². The van der Waals surface area contributed by atoms with Gasteiger partial charge < -0.3 is 5.11 Å². The van der Waals surface area contributed by atoms with Crippen molar-refractivity contribution in [3.05, 3.63) is 98.9 Å². The van der Waals surface area contributed by atoms with Gasteiger partial charge >= 0.3 is 5.91 Å². The molecular weight excluding hydrogens is 468 g/mol. The lowest BCUT2D eigenvalue weighted by atomic mass is 9.95. The highest BCUT2D eigenvalue weighted by atomic mass is 32.1. The first-order chi connectivity index (χ1) is 16.8. The Morgan fingerprint density at radius 2 is 1.86 bits per heavy atom. The Bertz CT molecular complexity index is 1560. The Hall–Kier alpha value is -4.44. The van der Waals surface area contributed by atoms with Crippen LogP contribution >= 0.6 is 11.3 Å². The molecule has 1 saturated heterocycles. The molecule has 1 aliphatic heterocycles. The SMILES string of the molecule is Cc1cc(C)c2nc(N3C(=O)C(=O)C(=C(O)c4ccncc4)C3c3cccc([N+](=O)[O-])c3)sc2c1. The van der Waals surface area contributed by atoms with E-state index in [-0.39, 0.29) is 16.4 Å². The molecule has 3 heterocycles. The molecule has 9 nitrogen and oxygen atoms in total. The van der Waals surface area contributed by atoms with Gasteiger partial charge in [-0.25, -0.2) is 4.98 Å². The largest absolute Gasteiger partial charge is 0.507 e. The van der Waals surface area contributed by atoms with Crippen LogP contribution in [0.25, 0.3) is 16.0 Å². The minimum absolute atomic E-state index is 0.172. The van der Waals surface area contributed by atoms with E-state index in [1.165, 1.54) is 59.0 Å². The normalized spacial score (nSPS) is 17.3. The van der Waals surface area contributed by atoms with Crippen molar-refractivity contribution < 1.29 is 19.6 Å². The van der Waals surface area contributed by atoms with E-state index in [0.29, 0.717) is 16.6 Å². The topological polar surface area (TPSA) is 127 Å². The molecule has 0 spiro atoms. The maximum absolute atomic E-state index is 13.3. The highest BCUT2D eigenvalue weighted by molar-refractivity contribution is 7.22. The first-order valence-electron chi connectivity index (χ1n) is 10.6. The number of hydrogen-bond donors (Lipinski definition) is 1. The Labute approximate surface area is 203 Å². The molecule has 35 heavy (non-hydrogen) atoms. The standard InChI is InChI=1S/C25H18N4O5S/c1-13-10-14(2)20-18(11-13)35-25(27-20)28-21(16-4-3-5-17(12-16)29(33)34)19(23(31)24(28)32)22(30)15-6-8-26-9-7-15/h3-12,21,30H,1-2H3. The van der Waals surface area contributed by atoms with Gasteiger partial charge in [0.05, 0.1) is 26.8 Å². The number of aliphatic hydroxyl groups is 1. The van der Waals surface area contributed by atoms with Gasteiger partial charge in [0, 0.05) is 30.1 Å². The zero-order chi connectivity index (χ0) is 24.9. The van der Waals surface area contributed by atoms with Gasteiger partial charge in [-0.05, 0) is 48.7 Å². The molecule has 1 N–H and O–H groups in total. The van der Waals surface area contributed by atoms with Crippen LogP contribution in [0, 0.1) is 24.0 Å². The number of hydrogen-bond acceptors (Lipinski definition) is 8. The number of rotatable bonds is 4. The lowest BCUT2D eigenvalue weighted by molar-refractivity contribution is -0.384. The monoisotopic (exact) mass is 486 g/mol. The number of non-ortho nitro benzene ring substituents is 1. The van der Waals surface area contributed by atoms with E-state index in [0.717, 1.165) is 15.8 Å². The highest BCUT2D eigenvalue weighted by Gasteiger charge is 2.48. The van der Waals surface area contributed by atoms with Gasteiger partial charge in [0.2, 0.25) is 0 Å². The molecule has 1 fully saturated rings. The van der Waals surface area contributed by atoms with E-state index in [1.54, 1.807) is 6.07 Å². The van der Waals surface area contributed by atoms with Crippen LogP contribution in [0.4, 0.5) is 10.8 Å². The number of aromatic nitrogens is 2. The summed E-state index contributed by atoms with van der Waals surface area (Å²) in [5, 5.41) is 22.8. The van der Waals surface area contributed by atoms with Gasteiger partial charge in [0.1, 0.15) is 5.76 Å². The molecule has 1 atom stereocenters. The molecule has 2 aromatic carbocycles. The molecule has 0 aliphatic carbocycles. The number of nitrogens with zero attached hydrogens (tertiary/aromatic N) is 4. The van der Waals surface area contributed by atoms with E-state index in [4.69, 9.17) is 0 Å². The van der Waals surface area contributed by atoms with E-state index in [2.05, 4.69) is 9.97 Å². The maximum atomic E-state index is 13.3. The zero-order valence-electron chi connectivity index (χ0n) is 18.6. The molecular formula is C25H18N4O5S. The van der Waals surface area contributed by atoms with Crippen LogP contribution in [0.15, 0.2) is 66.5 Å². The van der Waals surface area contributed by atoms with Crippen molar-refractivity contribution in [2.75, 3.05) is 4.90 Å². The van der Waals surface area contributed by atoms with Crippen molar-refractivity contribution in [3.8, 4) is 0 Å². The summed E-state index contributed by atoms with van der Waals surface area (Å²) in [4.78, 5) is 47.3. The van der Waals surface area contributed by atoms with Crippen molar-refractivity contribution in [3.63, 3.8) is 0 Å². The van der Waals surface area contributed by atoms with Crippen LogP contribution in [0.3, 0.4) is 0 Å². The smallest absolute Gasteiger partial charge is 0.301 e. The van der Waals surface area contributed by atoms with Crippen molar-refractivity contribution in [1.29, 1.82) is 0 Å². The second-order valence-corrected chi connectivity index (χ2v) is 9.19. The van der Waals surface area contributed by atoms with E-state index >= 15 is 0 Å². The number of ketones is 1. The number of benzene rings is 2. The number of pyridine rings is 1. The molecule has 4 aromatic rings. The lowest BCUT2D eigenvalue weighted by Crippen LogP contribution is -2.29. The zero-order valence-corrected chi connectivity index (χ0v) is 19.4. The second kappa shape index (κ2) is 8.41. The lowest BCUT2D eigenvalue weighted by Gasteiger charge is -2.22. The summed E-state index contributed by atoms with van der Waals surface area (Å²) in [5.41, 5.74) is 2.87. The molecule has 1 unspecified atom stereocenters. The molecule has 174 valence electrons. The van der Waals surface area contributed by atoms with Crippen molar-refractivity contribution in [1.82, 2.24) is 9.97 Å². The van der Waals surface area contributed by atoms with Crippen LogP contribution < -0.4 is 4.90 Å². The summed E-state index contributed by atoms with van der Waals surface area (Å²) in [5.74, 6) is -2.16. The molecule has 1 aliphatic rings. The third-order valence-corrected chi connectivity index (χ3v) is 6.82. The average molecular weight is 487 g/mol. The number of nitro benzene ring substituents is 1. The van der Waals surface area contributed by atoms with Crippen LogP contribution in [-0.2, 0) is 9.59 Å². The number of aliphatic hydroxyl groups excluding tert-OH is 1. The summed E-state index contributed by atoms with van der Waals surface area (Å²) in [6.07, 6.45) is 2.90. The molecule has 0 bridgehead atoms. The molecule has 0 saturated carbocycles. The van der Waals surface area contributed by atoms with Crippen LogP contribution in [0.1, 0.15) is 28.3 Å². The molecule has 10 heteroatoms. The highest BCUT2D eigenvalue weighted by Crippen LogP contribution is 2.45. The Kier molecular flexibility index (Phi) is 5.37. The number of anilines is 1. The first kappa shape index (κ1) is 22.4. The predicted octanol–water partition coefficient (Wildman–Crippen LogP) is 4.84. The van der Waals surface area contributed by atoms with Crippen LogP contribution in [-0.4, -0.2) is 31.7 Å². The molecule has 0 radical (unpaired) electrons. The Balaban J connectivity index is 1.77. The van der Waals surface area contributed by atoms with Crippen LogP contribution in [0.5, 0.6) is 0 Å². The van der Waals surface area contributed by atoms with E-state index in [9.17, 15) is 24.8 Å². The number of thiazole rings is 1. The van der Waals surface area contributed by atoms with E-state index in [1.807, 2.05) is 26.0 Å². The first-order valence-corrected chi connectivity index (χ1v) is 11.4. The minimum Gasteiger partial charge on any atom is -0.507 e. The number of carbonyl (C=O) groups is 2. The third kappa shape index (κ3) is 3.73. The number of amides is 1. The summed E-state index contributed by atoms with van der Waals surface area (Å²) in [6, 6.07) is 11.5. The maximum Gasteiger partial charge on any atom is 0.301 e. The minimum atomic E-state index is -1.11. The van der Waals surface area contributed by atoms with Gasteiger partial charge in [-0.3, -0.25) is 29.6 Å². The van der Waals surface area contributed by atoms with Gasteiger partial charge in [0.25, 0.3) is 11.5 Å². The number of fused-ring (bicyclic) bond motifs is 1. The summed E-state index contributed by atoms with van der Waals surface area (Å²) in [7, 11) is 0. The van der Waals surface area contributed by atoms with E-state index < -0.39 is 28.4 Å². The molecule has 5 rings (SSSR count). The fraction of sp³-hybridized carbons (Fsp3) is 0.120. The Morgan fingerprint density at radius 1 is 1.11 bits per heavy atom. The predicted molar refractivity (Wildman–Crippen MR) is 131 cm³/mol. The molecule has 1 amide bonds. The summed E-state index contributed by atoms with van der Waals surface area (Å²) < 4.78 is 0.839. The number of carbonyl (C=O) groups excluding carboxylic acids is 2. The van der Waals surface area contributed by atoms with Crippen molar-refractivity contribution >= 4 is 49.8 Å². The number of aryl methyl sites for hydroxylation is 2. The fourth-order valence-electron chi connectivity index (χ4n) is 4.28. The van der Waals surface area contributed by atoms with Gasteiger partial charge in [-0.15, -0.1) is 0 Å². The van der Waals surface area contributed by atoms with Gasteiger partial charge in [-0.2, -0.15) is 0 Å². The third-order valence-electron chi connectivity index (χ3n) is 5.82. The average Bonchev–Trinajstić information content (AvgIpc) is 3.38. The fourth-order valence-corrected chi connectivity index (χ4v) is 5.45. The van der Waals surface area contributed by atoms with Gasteiger partial charge in [-0.1, -0.05) is 29.5 Å².